The van der Waals surface area contributed by atoms with Crippen LogP contribution in [0.15, 0.2) is 21.4 Å². The van der Waals surface area contributed by atoms with E-state index in [1.54, 1.807) is 0 Å². The van der Waals surface area contributed by atoms with Gasteiger partial charge in [-0.15, -0.1) is 5.11 Å². The topological polar surface area (TPSA) is 65.8 Å². The van der Waals surface area contributed by atoms with Crippen molar-refractivity contribution in [1.82, 2.24) is 10.6 Å². The third-order valence-electron chi connectivity index (χ3n) is 4.09. The highest BCUT2D eigenvalue weighted by Crippen LogP contribution is 2.33. The van der Waals surface area contributed by atoms with Crippen molar-refractivity contribution in [2.24, 2.45) is 10.2 Å². The van der Waals surface area contributed by atoms with Crippen molar-refractivity contribution < 1.29 is 4.79 Å². The van der Waals surface area contributed by atoms with Gasteiger partial charge in [0, 0.05) is 31.2 Å². The van der Waals surface area contributed by atoms with E-state index in [1.165, 1.54) is 12.0 Å². The summed E-state index contributed by atoms with van der Waals surface area (Å²) in [5.41, 5.74) is 2.23. The van der Waals surface area contributed by atoms with Crippen molar-refractivity contribution in [3.63, 3.8) is 0 Å². The molecule has 2 aliphatic heterocycles. The number of piperazine rings is 1. The van der Waals surface area contributed by atoms with Crippen molar-refractivity contribution in [2.75, 3.05) is 19.6 Å². The van der Waals surface area contributed by atoms with Gasteiger partial charge < -0.3 is 10.6 Å². The normalized spacial score (nSPS) is 32.6. The van der Waals surface area contributed by atoms with Crippen LogP contribution in [0.25, 0.3) is 0 Å². The summed E-state index contributed by atoms with van der Waals surface area (Å²) in [6, 6.07) is 0.585. The number of nitrogens with one attached hydrogen (secondary N) is 2. The molecule has 0 aromatic carbocycles. The third kappa shape index (κ3) is 2.37. The van der Waals surface area contributed by atoms with Crippen LogP contribution in [0, 0.1) is 0 Å². The summed E-state index contributed by atoms with van der Waals surface area (Å²) >= 11 is 0. The molecule has 1 saturated heterocycles. The third-order valence-corrected chi connectivity index (χ3v) is 4.09. The minimum Gasteiger partial charge on any atom is -0.314 e. The Kier molecular flexibility index (Phi) is 3.52. The van der Waals surface area contributed by atoms with Gasteiger partial charge in [-0.25, -0.2) is 0 Å². The van der Waals surface area contributed by atoms with E-state index in [0.29, 0.717) is 6.04 Å². The second kappa shape index (κ2) is 5.28. The smallest absolute Gasteiger partial charge is 0.291 e. The lowest BCUT2D eigenvalue weighted by atomic mass is 9.84. The monoisotopic (exact) mass is 248 g/mol. The van der Waals surface area contributed by atoms with Crippen molar-refractivity contribution in [2.45, 2.75) is 44.2 Å². The Morgan fingerprint density at radius 3 is 2.94 bits per heavy atom. The molecule has 0 aromatic rings. The standard InChI is InChI=1S/C13H20N4O/c18-13-11-4-2-1-3-10(11)12(16-17-13)7-9-8-14-5-6-15-9/h9,12,14-15H,1-8H2. The van der Waals surface area contributed by atoms with E-state index >= 15 is 0 Å². The summed E-state index contributed by atoms with van der Waals surface area (Å²) in [6.07, 6.45) is 5.21. The van der Waals surface area contributed by atoms with Crippen molar-refractivity contribution >= 4 is 5.91 Å². The molecular weight excluding hydrogens is 228 g/mol. The molecule has 18 heavy (non-hydrogen) atoms. The van der Waals surface area contributed by atoms with Crippen LogP contribution in [0.1, 0.15) is 32.1 Å². The number of hydrogen-bond donors (Lipinski definition) is 2. The van der Waals surface area contributed by atoms with Gasteiger partial charge in [0.15, 0.2) is 0 Å². The highest BCUT2D eigenvalue weighted by atomic mass is 16.1. The van der Waals surface area contributed by atoms with Crippen molar-refractivity contribution in [3.05, 3.63) is 11.1 Å². The Labute approximate surface area is 107 Å². The zero-order chi connectivity index (χ0) is 12.4. The molecule has 1 fully saturated rings. The highest BCUT2D eigenvalue weighted by molar-refractivity contribution is 5.95. The summed E-state index contributed by atoms with van der Waals surface area (Å²) in [7, 11) is 0. The lowest BCUT2D eigenvalue weighted by Crippen LogP contribution is -2.49. The van der Waals surface area contributed by atoms with Crippen molar-refractivity contribution in [3.8, 4) is 0 Å². The Bertz CT molecular complexity index is 396. The molecule has 1 aliphatic carbocycles. The molecule has 0 aromatic heterocycles. The number of amides is 1. The quantitative estimate of drug-likeness (QED) is 0.771. The summed E-state index contributed by atoms with van der Waals surface area (Å²) in [5, 5.41) is 15.0. The SMILES string of the molecule is O=C1N=NC(CC2CNCCN2)C2=C1CCCC2. The van der Waals surface area contributed by atoms with Crippen LogP contribution in [-0.2, 0) is 4.79 Å². The maximum Gasteiger partial charge on any atom is 0.291 e. The molecule has 3 aliphatic rings. The highest BCUT2D eigenvalue weighted by Gasteiger charge is 2.30. The van der Waals surface area contributed by atoms with Gasteiger partial charge in [-0.3, -0.25) is 4.79 Å². The first-order chi connectivity index (χ1) is 8.84. The minimum atomic E-state index is -0.0873. The molecule has 0 spiro atoms. The van der Waals surface area contributed by atoms with Gasteiger partial charge >= 0.3 is 0 Å². The maximum absolute atomic E-state index is 11.7. The van der Waals surface area contributed by atoms with Crippen LogP contribution in [-0.4, -0.2) is 37.6 Å². The van der Waals surface area contributed by atoms with E-state index in [0.717, 1.165) is 50.9 Å². The van der Waals surface area contributed by atoms with Crippen LogP contribution in [0.3, 0.4) is 0 Å². The fourth-order valence-electron chi connectivity index (χ4n) is 3.13. The Morgan fingerprint density at radius 2 is 2.11 bits per heavy atom. The van der Waals surface area contributed by atoms with Crippen LogP contribution < -0.4 is 10.6 Å². The van der Waals surface area contributed by atoms with E-state index < -0.39 is 0 Å². The molecule has 0 saturated carbocycles. The van der Waals surface area contributed by atoms with E-state index in [1.807, 2.05) is 0 Å². The molecule has 2 heterocycles. The van der Waals surface area contributed by atoms with Gasteiger partial charge in [0.1, 0.15) is 0 Å². The lowest BCUT2D eigenvalue weighted by molar-refractivity contribution is -0.115. The number of azo groups is 1. The maximum atomic E-state index is 11.7. The van der Waals surface area contributed by atoms with Crippen molar-refractivity contribution in [1.29, 1.82) is 0 Å². The number of carbonyl (C=O) groups excluding carboxylic acids is 1. The molecule has 98 valence electrons. The first kappa shape index (κ1) is 12.0. The van der Waals surface area contributed by atoms with E-state index in [9.17, 15) is 4.79 Å². The average Bonchev–Trinajstić information content (AvgIpc) is 2.44. The van der Waals surface area contributed by atoms with Gasteiger partial charge in [-0.05, 0) is 37.7 Å². The first-order valence-electron chi connectivity index (χ1n) is 6.96. The average molecular weight is 248 g/mol. The Balaban J connectivity index is 1.72. The van der Waals surface area contributed by atoms with Gasteiger partial charge in [-0.1, -0.05) is 0 Å². The molecule has 3 rings (SSSR count). The number of nitrogens with zero attached hydrogens (tertiary/aromatic N) is 2. The summed E-state index contributed by atoms with van der Waals surface area (Å²) in [4.78, 5) is 11.7. The van der Waals surface area contributed by atoms with E-state index in [2.05, 4.69) is 20.9 Å². The predicted octanol–water partition coefficient (Wildman–Crippen LogP) is 1.17. The fraction of sp³-hybridized carbons (Fsp3) is 0.769. The van der Waals surface area contributed by atoms with E-state index in [4.69, 9.17) is 0 Å². The Hall–Kier alpha value is -1.07. The van der Waals surface area contributed by atoms with Gasteiger partial charge in [-0.2, -0.15) is 5.11 Å². The lowest BCUT2D eigenvalue weighted by Gasteiger charge is -2.30. The summed E-state index contributed by atoms with van der Waals surface area (Å²) in [6.45, 7) is 3.04. The molecule has 1 amide bonds. The molecule has 0 bridgehead atoms. The van der Waals surface area contributed by atoms with Crippen LogP contribution >= 0.6 is 0 Å². The fourth-order valence-corrected chi connectivity index (χ4v) is 3.13. The summed E-state index contributed by atoms with van der Waals surface area (Å²) in [5.74, 6) is -0.0873. The molecule has 2 atom stereocenters. The second-order valence-electron chi connectivity index (χ2n) is 5.34. The molecule has 0 radical (unpaired) electrons. The molecule has 5 heteroatoms. The van der Waals surface area contributed by atoms with Crippen LogP contribution in [0.4, 0.5) is 0 Å². The number of carbonyl (C=O) groups is 1. The predicted molar refractivity (Wildman–Crippen MR) is 68.4 cm³/mol. The van der Waals surface area contributed by atoms with Gasteiger partial charge in [0.05, 0.1) is 6.04 Å². The van der Waals surface area contributed by atoms with Gasteiger partial charge in [0.25, 0.3) is 5.91 Å². The molecule has 2 N–H and O–H groups in total. The Morgan fingerprint density at radius 1 is 1.22 bits per heavy atom. The summed E-state index contributed by atoms with van der Waals surface area (Å²) < 4.78 is 0. The largest absolute Gasteiger partial charge is 0.314 e. The van der Waals surface area contributed by atoms with Gasteiger partial charge in [0.2, 0.25) is 0 Å². The molecule has 5 nitrogen and oxygen atoms in total. The molecular formula is C13H20N4O. The number of rotatable bonds is 2. The van der Waals surface area contributed by atoms with Crippen LogP contribution in [0.5, 0.6) is 0 Å². The van der Waals surface area contributed by atoms with E-state index in [-0.39, 0.29) is 11.9 Å². The number of hydrogen-bond acceptors (Lipinski definition) is 4. The molecule has 2 unspecified atom stereocenters. The second-order valence-corrected chi connectivity index (χ2v) is 5.34. The van der Waals surface area contributed by atoms with Crippen LogP contribution in [0.2, 0.25) is 0 Å². The first-order valence-corrected chi connectivity index (χ1v) is 6.96. The minimum absolute atomic E-state index is 0.0873. The zero-order valence-corrected chi connectivity index (χ0v) is 10.6. The zero-order valence-electron chi connectivity index (χ0n) is 10.6.